The van der Waals surface area contributed by atoms with E-state index in [0.29, 0.717) is 17.1 Å². The van der Waals surface area contributed by atoms with Crippen molar-refractivity contribution in [1.29, 1.82) is 0 Å². The van der Waals surface area contributed by atoms with Crippen molar-refractivity contribution in [3.05, 3.63) is 88.1 Å². The second-order valence-electron chi connectivity index (χ2n) is 7.19. The minimum atomic E-state index is -0.237. The van der Waals surface area contributed by atoms with E-state index in [4.69, 9.17) is 0 Å². The molecular weight excluding hydrogens is 394 g/mol. The van der Waals surface area contributed by atoms with Crippen molar-refractivity contribution < 1.29 is 9.59 Å². The van der Waals surface area contributed by atoms with Crippen LogP contribution in [0.5, 0.6) is 0 Å². The van der Waals surface area contributed by atoms with Crippen LogP contribution in [0.1, 0.15) is 44.8 Å². The highest BCUT2D eigenvalue weighted by molar-refractivity contribution is 7.17. The Morgan fingerprint density at radius 3 is 2.70 bits per heavy atom. The third-order valence-electron chi connectivity index (χ3n) is 5.04. The molecule has 0 atom stereocenters. The van der Waals surface area contributed by atoms with Gasteiger partial charge in [0.2, 0.25) is 5.91 Å². The molecule has 6 heteroatoms. The molecule has 152 valence electrons. The molecule has 2 aromatic heterocycles. The highest BCUT2D eigenvalue weighted by atomic mass is 32.1. The summed E-state index contributed by atoms with van der Waals surface area (Å²) in [5.74, 6) is -0.389. The van der Waals surface area contributed by atoms with E-state index in [1.807, 2.05) is 42.5 Å². The molecule has 0 saturated carbocycles. The van der Waals surface area contributed by atoms with E-state index in [1.54, 1.807) is 18.5 Å². The number of carbonyl (C=O) groups excluding carboxylic acids is 2. The normalized spacial score (nSPS) is 13.1. The van der Waals surface area contributed by atoms with Crippen LogP contribution in [0.25, 0.3) is 6.08 Å². The second kappa shape index (κ2) is 9.50. The van der Waals surface area contributed by atoms with Crippen LogP contribution >= 0.6 is 11.3 Å². The first-order valence-corrected chi connectivity index (χ1v) is 10.9. The molecule has 1 aromatic carbocycles. The molecule has 30 heavy (non-hydrogen) atoms. The van der Waals surface area contributed by atoms with E-state index < -0.39 is 0 Å². The molecule has 0 aliphatic heterocycles. The fourth-order valence-electron chi connectivity index (χ4n) is 3.56. The number of nitrogens with zero attached hydrogens (tertiary/aromatic N) is 1. The molecule has 2 heterocycles. The molecule has 0 spiro atoms. The highest BCUT2D eigenvalue weighted by Crippen LogP contribution is 2.38. The number of pyridine rings is 1. The summed E-state index contributed by atoms with van der Waals surface area (Å²) >= 11 is 1.52. The van der Waals surface area contributed by atoms with Crippen LogP contribution in [0.4, 0.5) is 5.00 Å². The van der Waals surface area contributed by atoms with E-state index in [9.17, 15) is 9.59 Å². The summed E-state index contributed by atoms with van der Waals surface area (Å²) in [5.41, 5.74) is 3.58. The monoisotopic (exact) mass is 417 g/mol. The maximum Gasteiger partial charge on any atom is 0.254 e. The van der Waals surface area contributed by atoms with Crippen LogP contribution in [0, 0.1) is 0 Å². The summed E-state index contributed by atoms with van der Waals surface area (Å²) in [6.07, 6.45) is 10.7. The van der Waals surface area contributed by atoms with Gasteiger partial charge in [0.1, 0.15) is 5.00 Å². The van der Waals surface area contributed by atoms with E-state index in [2.05, 4.69) is 15.6 Å². The summed E-state index contributed by atoms with van der Waals surface area (Å²) in [6.45, 7) is 0.401. The summed E-state index contributed by atoms with van der Waals surface area (Å²) in [4.78, 5) is 30.8. The van der Waals surface area contributed by atoms with Gasteiger partial charge in [-0.1, -0.05) is 36.4 Å². The van der Waals surface area contributed by atoms with Gasteiger partial charge in [0.05, 0.1) is 5.56 Å². The SMILES string of the molecule is O=C(C=Cc1ccccc1)Nc1sc2c(c1C(=O)NCc1cccnc1)CCCC2. The van der Waals surface area contributed by atoms with Gasteiger partial charge in [-0.2, -0.15) is 0 Å². The Morgan fingerprint density at radius 1 is 1.07 bits per heavy atom. The van der Waals surface area contributed by atoms with Crippen LogP contribution in [0.3, 0.4) is 0 Å². The Bertz CT molecular complexity index is 1060. The standard InChI is InChI=1S/C24H23N3O2S/c28-21(13-12-17-7-2-1-3-8-17)27-24-22(19-10-4-5-11-20(19)30-24)23(29)26-16-18-9-6-14-25-15-18/h1-3,6-9,12-15H,4-5,10-11,16H2,(H,26,29)(H,27,28). The van der Waals surface area contributed by atoms with Crippen molar-refractivity contribution >= 4 is 34.2 Å². The Morgan fingerprint density at radius 2 is 1.90 bits per heavy atom. The fourth-order valence-corrected chi connectivity index (χ4v) is 4.85. The molecule has 0 fully saturated rings. The lowest BCUT2D eigenvalue weighted by atomic mass is 9.95. The lowest BCUT2D eigenvalue weighted by Gasteiger charge is -2.13. The summed E-state index contributed by atoms with van der Waals surface area (Å²) in [5, 5.41) is 6.55. The van der Waals surface area contributed by atoms with Gasteiger partial charge in [-0.25, -0.2) is 0 Å². The molecule has 0 unspecified atom stereocenters. The van der Waals surface area contributed by atoms with Gasteiger partial charge in [0, 0.05) is 29.9 Å². The summed E-state index contributed by atoms with van der Waals surface area (Å²) < 4.78 is 0. The predicted molar refractivity (Wildman–Crippen MR) is 120 cm³/mol. The van der Waals surface area contributed by atoms with Gasteiger partial charge >= 0.3 is 0 Å². The predicted octanol–water partition coefficient (Wildman–Crippen LogP) is 4.60. The highest BCUT2D eigenvalue weighted by Gasteiger charge is 2.26. The van der Waals surface area contributed by atoms with Gasteiger partial charge in [-0.3, -0.25) is 14.6 Å². The number of aromatic nitrogens is 1. The van der Waals surface area contributed by atoms with Crippen LogP contribution < -0.4 is 10.6 Å². The zero-order valence-corrected chi connectivity index (χ0v) is 17.4. The van der Waals surface area contributed by atoms with E-state index in [-0.39, 0.29) is 11.8 Å². The van der Waals surface area contributed by atoms with Gasteiger partial charge in [-0.05, 0) is 54.5 Å². The van der Waals surface area contributed by atoms with Gasteiger partial charge in [0.25, 0.3) is 5.91 Å². The lowest BCUT2D eigenvalue weighted by Crippen LogP contribution is -2.25. The second-order valence-corrected chi connectivity index (χ2v) is 8.30. The number of hydrogen-bond acceptors (Lipinski definition) is 4. The molecule has 3 aromatic rings. The van der Waals surface area contributed by atoms with Crippen molar-refractivity contribution in [2.45, 2.75) is 32.2 Å². The quantitative estimate of drug-likeness (QED) is 0.576. The number of hydrogen-bond donors (Lipinski definition) is 2. The van der Waals surface area contributed by atoms with Crippen molar-refractivity contribution in [3.63, 3.8) is 0 Å². The van der Waals surface area contributed by atoms with Gasteiger partial charge < -0.3 is 10.6 Å². The minimum absolute atomic E-state index is 0.152. The van der Waals surface area contributed by atoms with E-state index in [1.165, 1.54) is 22.3 Å². The number of thiophene rings is 1. The van der Waals surface area contributed by atoms with Crippen molar-refractivity contribution in [2.24, 2.45) is 0 Å². The van der Waals surface area contributed by atoms with Crippen LogP contribution in [-0.4, -0.2) is 16.8 Å². The Labute approximate surface area is 179 Å². The smallest absolute Gasteiger partial charge is 0.254 e. The summed E-state index contributed by atoms with van der Waals surface area (Å²) in [7, 11) is 0. The maximum absolute atomic E-state index is 13.0. The first-order chi connectivity index (χ1) is 14.7. The topological polar surface area (TPSA) is 71.1 Å². The fraction of sp³-hybridized carbons (Fsp3) is 0.208. The minimum Gasteiger partial charge on any atom is -0.348 e. The van der Waals surface area contributed by atoms with E-state index >= 15 is 0 Å². The van der Waals surface area contributed by atoms with Crippen LogP contribution in [0.2, 0.25) is 0 Å². The number of anilines is 1. The maximum atomic E-state index is 13.0. The third kappa shape index (κ3) is 4.83. The molecule has 1 aliphatic carbocycles. The molecule has 0 bridgehead atoms. The molecule has 5 nitrogen and oxygen atoms in total. The Balaban J connectivity index is 1.52. The number of nitrogens with one attached hydrogen (secondary N) is 2. The molecule has 0 saturated heterocycles. The molecule has 2 N–H and O–H groups in total. The Hall–Kier alpha value is -3.25. The molecule has 0 radical (unpaired) electrons. The van der Waals surface area contributed by atoms with Crippen molar-refractivity contribution in [1.82, 2.24) is 10.3 Å². The van der Waals surface area contributed by atoms with Gasteiger partial charge in [-0.15, -0.1) is 11.3 Å². The average molecular weight is 418 g/mol. The number of benzene rings is 1. The Kier molecular flexibility index (Phi) is 6.35. The number of amides is 2. The van der Waals surface area contributed by atoms with Crippen LogP contribution in [-0.2, 0) is 24.2 Å². The van der Waals surface area contributed by atoms with Crippen LogP contribution in [0.15, 0.2) is 60.9 Å². The first kappa shape index (κ1) is 20.0. The largest absolute Gasteiger partial charge is 0.348 e. The van der Waals surface area contributed by atoms with Gasteiger partial charge in [0.15, 0.2) is 0 Å². The zero-order valence-electron chi connectivity index (χ0n) is 16.6. The third-order valence-corrected chi connectivity index (χ3v) is 6.24. The zero-order chi connectivity index (χ0) is 20.8. The molecule has 2 amide bonds. The van der Waals surface area contributed by atoms with Crippen molar-refractivity contribution in [3.8, 4) is 0 Å². The number of carbonyl (C=O) groups is 2. The van der Waals surface area contributed by atoms with Crippen molar-refractivity contribution in [2.75, 3.05) is 5.32 Å². The summed E-state index contributed by atoms with van der Waals surface area (Å²) in [6, 6.07) is 13.4. The first-order valence-electron chi connectivity index (χ1n) is 10.1. The number of rotatable bonds is 6. The van der Waals surface area contributed by atoms with E-state index in [0.717, 1.165) is 42.4 Å². The lowest BCUT2D eigenvalue weighted by molar-refractivity contribution is -0.111. The molecule has 1 aliphatic rings. The average Bonchev–Trinajstić information content (AvgIpc) is 3.15. The number of fused-ring (bicyclic) bond motifs is 1. The molecule has 4 rings (SSSR count). The molecular formula is C24H23N3O2S. The number of aryl methyl sites for hydroxylation is 1.